The highest BCUT2D eigenvalue weighted by Crippen LogP contribution is 2.68. The minimum absolute atomic E-state index is 0.471. The van der Waals surface area contributed by atoms with Crippen LogP contribution in [0.25, 0.3) is 10.8 Å². The van der Waals surface area contributed by atoms with E-state index in [2.05, 4.69) is 74.8 Å². The van der Waals surface area contributed by atoms with E-state index in [4.69, 9.17) is 0 Å². The summed E-state index contributed by atoms with van der Waals surface area (Å²) in [7, 11) is 2.15. The largest absolute Gasteiger partial charge is 0.317 e. The second kappa shape index (κ2) is 7.20. The molecule has 7 atom stereocenters. The number of hydrogen-bond acceptors (Lipinski definition) is 1. The van der Waals surface area contributed by atoms with E-state index in [1.807, 2.05) is 0 Å². The van der Waals surface area contributed by atoms with Crippen LogP contribution in [0.3, 0.4) is 0 Å². The molecule has 1 N–H and O–H groups in total. The SMILES string of the molecule is CN[C@@H]1CC[C@@]2(C)C(=CC[C@H]3[C@@H]4CC[C@H](c5ccc6ccccc6c5)[C@@]4(C)CC[C@@H]32)C1. The van der Waals surface area contributed by atoms with Crippen LogP contribution in [0.2, 0.25) is 0 Å². The number of allylic oxidation sites excluding steroid dienone is 1. The quantitative estimate of drug-likeness (QED) is 0.503. The van der Waals surface area contributed by atoms with Crippen molar-refractivity contribution >= 4 is 10.8 Å². The van der Waals surface area contributed by atoms with Gasteiger partial charge in [0.15, 0.2) is 0 Å². The first-order chi connectivity index (χ1) is 15.0. The molecule has 3 saturated carbocycles. The van der Waals surface area contributed by atoms with Crippen LogP contribution in [0.4, 0.5) is 0 Å². The highest BCUT2D eigenvalue weighted by molar-refractivity contribution is 5.83. The first kappa shape index (κ1) is 20.0. The summed E-state index contributed by atoms with van der Waals surface area (Å²) in [6.07, 6.45) is 13.8. The molecule has 1 nitrogen and oxygen atoms in total. The average molecular weight is 414 g/mol. The van der Waals surface area contributed by atoms with Crippen molar-refractivity contribution in [2.45, 2.75) is 77.2 Å². The Morgan fingerprint density at radius 1 is 0.871 bits per heavy atom. The summed E-state index contributed by atoms with van der Waals surface area (Å²) in [5.41, 5.74) is 4.36. The molecule has 3 fully saturated rings. The number of rotatable bonds is 2. The van der Waals surface area contributed by atoms with Gasteiger partial charge in [-0.25, -0.2) is 0 Å². The Morgan fingerprint density at radius 3 is 2.55 bits per heavy atom. The normalized spacial score (nSPS) is 41.9. The lowest BCUT2D eigenvalue weighted by Crippen LogP contribution is -2.51. The Bertz CT molecular complexity index is 1020. The zero-order valence-corrected chi connectivity index (χ0v) is 19.7. The highest BCUT2D eigenvalue weighted by Gasteiger charge is 2.58. The van der Waals surface area contributed by atoms with Gasteiger partial charge in [-0.3, -0.25) is 0 Å². The van der Waals surface area contributed by atoms with Gasteiger partial charge in [-0.15, -0.1) is 0 Å². The van der Waals surface area contributed by atoms with Gasteiger partial charge in [-0.1, -0.05) is 68.0 Å². The van der Waals surface area contributed by atoms with Crippen molar-refractivity contribution in [3.8, 4) is 0 Å². The summed E-state index contributed by atoms with van der Waals surface area (Å²) < 4.78 is 0. The Morgan fingerprint density at radius 2 is 1.71 bits per heavy atom. The van der Waals surface area contributed by atoms with Gasteiger partial charge in [0, 0.05) is 6.04 Å². The molecule has 164 valence electrons. The van der Waals surface area contributed by atoms with Crippen molar-refractivity contribution in [2.75, 3.05) is 7.05 Å². The van der Waals surface area contributed by atoms with Gasteiger partial charge in [0.1, 0.15) is 0 Å². The van der Waals surface area contributed by atoms with E-state index >= 15 is 0 Å². The maximum Gasteiger partial charge on any atom is 0.0102 e. The second-order valence-electron chi connectivity index (χ2n) is 11.8. The fraction of sp³-hybridized carbons (Fsp3) is 0.600. The van der Waals surface area contributed by atoms with E-state index < -0.39 is 0 Å². The summed E-state index contributed by atoms with van der Waals surface area (Å²) in [4.78, 5) is 0. The molecule has 0 amide bonds. The van der Waals surface area contributed by atoms with E-state index in [0.717, 1.165) is 23.7 Å². The van der Waals surface area contributed by atoms with Crippen molar-refractivity contribution in [3.63, 3.8) is 0 Å². The van der Waals surface area contributed by atoms with Gasteiger partial charge in [0.05, 0.1) is 0 Å². The number of benzene rings is 2. The lowest BCUT2D eigenvalue weighted by Gasteiger charge is -2.58. The smallest absolute Gasteiger partial charge is 0.0102 e. The molecule has 0 radical (unpaired) electrons. The molecule has 0 saturated heterocycles. The van der Waals surface area contributed by atoms with Gasteiger partial charge in [-0.2, -0.15) is 0 Å². The van der Waals surface area contributed by atoms with Gasteiger partial charge in [-0.05, 0) is 109 Å². The molecule has 31 heavy (non-hydrogen) atoms. The third-order valence-corrected chi connectivity index (χ3v) is 10.7. The van der Waals surface area contributed by atoms with Crippen molar-refractivity contribution in [3.05, 3.63) is 59.7 Å². The minimum Gasteiger partial charge on any atom is -0.317 e. The van der Waals surface area contributed by atoms with Gasteiger partial charge in [0.25, 0.3) is 0 Å². The Labute approximate surface area is 188 Å². The second-order valence-corrected chi connectivity index (χ2v) is 11.8. The summed E-state index contributed by atoms with van der Waals surface area (Å²) in [5.74, 6) is 3.46. The predicted octanol–water partition coefficient (Wildman–Crippen LogP) is 7.47. The van der Waals surface area contributed by atoms with Gasteiger partial charge < -0.3 is 5.32 Å². The minimum atomic E-state index is 0.471. The fourth-order valence-electron chi connectivity index (χ4n) is 8.88. The Kier molecular flexibility index (Phi) is 4.66. The number of fused-ring (bicyclic) bond motifs is 6. The summed E-state index contributed by atoms with van der Waals surface area (Å²) in [6.45, 7) is 5.31. The molecule has 0 aromatic heterocycles. The average Bonchev–Trinajstić information content (AvgIpc) is 3.15. The highest BCUT2D eigenvalue weighted by atomic mass is 14.9. The Hall–Kier alpha value is -1.60. The van der Waals surface area contributed by atoms with Crippen LogP contribution in [0, 0.1) is 28.6 Å². The molecule has 2 aromatic rings. The molecule has 4 aliphatic carbocycles. The summed E-state index contributed by atoms with van der Waals surface area (Å²) >= 11 is 0. The van der Waals surface area contributed by atoms with Crippen LogP contribution >= 0.6 is 0 Å². The zero-order valence-electron chi connectivity index (χ0n) is 19.7. The van der Waals surface area contributed by atoms with Crippen LogP contribution in [0.15, 0.2) is 54.1 Å². The van der Waals surface area contributed by atoms with Crippen LogP contribution in [0.1, 0.15) is 76.7 Å². The number of nitrogens with one attached hydrogen (secondary N) is 1. The summed E-state index contributed by atoms with van der Waals surface area (Å²) in [6, 6.07) is 16.9. The van der Waals surface area contributed by atoms with Crippen LogP contribution in [-0.4, -0.2) is 13.1 Å². The molecule has 0 bridgehead atoms. The molecule has 0 heterocycles. The molecule has 4 aliphatic rings. The third-order valence-electron chi connectivity index (χ3n) is 10.7. The maximum atomic E-state index is 3.56. The zero-order chi connectivity index (χ0) is 21.2. The monoisotopic (exact) mass is 413 g/mol. The molecule has 1 heteroatoms. The van der Waals surface area contributed by atoms with E-state index in [-0.39, 0.29) is 0 Å². The van der Waals surface area contributed by atoms with Crippen molar-refractivity contribution in [2.24, 2.45) is 28.6 Å². The molecule has 6 rings (SSSR count). The van der Waals surface area contributed by atoms with E-state index in [1.54, 1.807) is 11.1 Å². The number of hydrogen-bond donors (Lipinski definition) is 1. The molecule has 0 spiro atoms. The Balaban J connectivity index is 1.31. The van der Waals surface area contributed by atoms with Gasteiger partial charge in [0.2, 0.25) is 0 Å². The third kappa shape index (κ3) is 2.92. The summed E-state index contributed by atoms with van der Waals surface area (Å²) in [5, 5.41) is 6.36. The van der Waals surface area contributed by atoms with Crippen LogP contribution in [-0.2, 0) is 0 Å². The van der Waals surface area contributed by atoms with Crippen molar-refractivity contribution in [1.29, 1.82) is 0 Å². The molecule has 0 unspecified atom stereocenters. The lowest BCUT2D eigenvalue weighted by molar-refractivity contribution is -0.0325. The van der Waals surface area contributed by atoms with E-state index in [9.17, 15) is 0 Å². The predicted molar refractivity (Wildman–Crippen MR) is 131 cm³/mol. The van der Waals surface area contributed by atoms with E-state index in [1.165, 1.54) is 62.1 Å². The van der Waals surface area contributed by atoms with Crippen LogP contribution in [0.5, 0.6) is 0 Å². The molecule has 0 aliphatic heterocycles. The fourth-order valence-corrected chi connectivity index (χ4v) is 8.88. The first-order valence-electron chi connectivity index (χ1n) is 12.9. The maximum absolute atomic E-state index is 3.56. The molecular formula is C30H39N. The lowest BCUT2D eigenvalue weighted by atomic mass is 9.47. The van der Waals surface area contributed by atoms with Crippen molar-refractivity contribution < 1.29 is 0 Å². The first-order valence-corrected chi connectivity index (χ1v) is 12.9. The van der Waals surface area contributed by atoms with Gasteiger partial charge >= 0.3 is 0 Å². The standard InChI is InChI=1S/C30H39N/c1-29-16-14-24(31-3)19-23(29)10-11-25-27-13-12-26(30(27,2)17-15-28(25)29)22-9-8-20-6-4-5-7-21(20)18-22/h4-10,18,24-28,31H,11-17,19H2,1-3H3/t24-,25+,26-,27+,28+,29+,30-/m1/s1. The molecule has 2 aromatic carbocycles. The van der Waals surface area contributed by atoms with Crippen LogP contribution < -0.4 is 5.32 Å². The topological polar surface area (TPSA) is 12.0 Å². The van der Waals surface area contributed by atoms with Crippen molar-refractivity contribution in [1.82, 2.24) is 5.32 Å². The molecular weight excluding hydrogens is 374 g/mol. The van der Waals surface area contributed by atoms with E-state index in [0.29, 0.717) is 16.9 Å².